The van der Waals surface area contributed by atoms with E-state index in [1.807, 2.05) is 0 Å². The summed E-state index contributed by atoms with van der Waals surface area (Å²) in [6, 6.07) is 5.18. The molecule has 232 valence electrons. The monoisotopic (exact) mass is 578 g/mol. The highest BCUT2D eigenvalue weighted by molar-refractivity contribution is 6.03. The number of ether oxygens (including phenoxy) is 1. The number of likely N-dealkylation sites (tertiary alicyclic amines) is 1. The van der Waals surface area contributed by atoms with Gasteiger partial charge >= 0.3 is 5.97 Å². The molecular formula is C30H50N4O7. The lowest BCUT2D eigenvalue weighted by Gasteiger charge is -2.24. The second kappa shape index (κ2) is 15.9. The summed E-state index contributed by atoms with van der Waals surface area (Å²) in [5.74, 6) is -2.42. The van der Waals surface area contributed by atoms with Crippen LogP contribution in [0.15, 0.2) is 24.3 Å². The van der Waals surface area contributed by atoms with Crippen molar-refractivity contribution in [2.45, 2.75) is 92.3 Å². The summed E-state index contributed by atoms with van der Waals surface area (Å²) < 4.78 is 5.20. The number of carbonyl (C=O) groups is 6. The molecule has 1 heterocycles. The van der Waals surface area contributed by atoms with Gasteiger partial charge in [0.2, 0.25) is 29.5 Å². The van der Waals surface area contributed by atoms with Crippen LogP contribution in [0, 0.1) is 17.8 Å². The number of carbonyl (C=O) groups excluding carboxylic acids is 6. The van der Waals surface area contributed by atoms with Gasteiger partial charge in [-0.25, -0.2) is 0 Å². The van der Waals surface area contributed by atoms with E-state index < -0.39 is 23.9 Å². The lowest BCUT2D eigenvalue weighted by Crippen LogP contribution is -2.53. The van der Waals surface area contributed by atoms with Gasteiger partial charge in [0, 0.05) is 35.3 Å². The third-order valence-corrected chi connectivity index (χ3v) is 6.85. The molecule has 1 aliphatic heterocycles. The van der Waals surface area contributed by atoms with E-state index in [1.165, 1.54) is 4.90 Å². The molecule has 0 saturated carbocycles. The SMILES string of the molecule is CC(C)C(=O)OCc1ccc(NC(=O)[C@H](C)NC(=O)[C@@H](NC(=O)CCCCCN2C(=O)CC(C)C2=O)C(C)C)cc1.[HH].[HH].[HH]. The van der Waals surface area contributed by atoms with Gasteiger partial charge in [0.05, 0.1) is 5.92 Å². The molecule has 11 nitrogen and oxygen atoms in total. The van der Waals surface area contributed by atoms with Gasteiger partial charge in [-0.2, -0.15) is 0 Å². The maximum atomic E-state index is 12.9. The number of nitrogens with zero attached hydrogens (tertiary/aromatic N) is 1. The first kappa shape index (κ1) is 33.4. The molecule has 0 spiro atoms. The second-order valence-electron chi connectivity index (χ2n) is 11.3. The largest absolute Gasteiger partial charge is 0.461 e. The fourth-order valence-electron chi connectivity index (χ4n) is 4.22. The van der Waals surface area contributed by atoms with Gasteiger partial charge in [-0.3, -0.25) is 33.7 Å². The van der Waals surface area contributed by atoms with Gasteiger partial charge in [0.15, 0.2) is 0 Å². The first-order valence-electron chi connectivity index (χ1n) is 14.3. The van der Waals surface area contributed by atoms with Crippen LogP contribution in [0.3, 0.4) is 0 Å². The molecular weight excluding hydrogens is 528 g/mol. The third kappa shape index (κ3) is 10.6. The topological polar surface area (TPSA) is 151 Å². The second-order valence-corrected chi connectivity index (χ2v) is 11.3. The Morgan fingerprint density at radius 3 is 2.17 bits per heavy atom. The van der Waals surface area contributed by atoms with Crippen LogP contribution in [-0.4, -0.2) is 59.0 Å². The number of hydrogen-bond acceptors (Lipinski definition) is 7. The first-order valence-corrected chi connectivity index (χ1v) is 14.3. The molecule has 2 rings (SSSR count). The van der Waals surface area contributed by atoms with Gasteiger partial charge < -0.3 is 20.7 Å². The predicted molar refractivity (Wildman–Crippen MR) is 159 cm³/mol. The number of unbranched alkanes of at least 4 members (excludes halogenated alkanes) is 2. The van der Waals surface area contributed by atoms with Crippen molar-refractivity contribution in [3.8, 4) is 0 Å². The number of rotatable bonds is 15. The molecule has 1 aliphatic rings. The molecule has 1 saturated heterocycles. The molecule has 3 N–H and O–H groups in total. The number of nitrogens with one attached hydrogen (secondary N) is 3. The van der Waals surface area contributed by atoms with Crippen LogP contribution in [0.1, 0.15) is 83.5 Å². The van der Waals surface area contributed by atoms with E-state index in [0.717, 1.165) is 5.56 Å². The lowest BCUT2D eigenvalue weighted by molar-refractivity contribution is -0.148. The Balaban J connectivity index is 0. The van der Waals surface area contributed by atoms with Crippen molar-refractivity contribution >= 4 is 41.2 Å². The van der Waals surface area contributed by atoms with Crippen molar-refractivity contribution in [3.63, 3.8) is 0 Å². The predicted octanol–water partition coefficient (Wildman–Crippen LogP) is 3.66. The van der Waals surface area contributed by atoms with Crippen LogP contribution in [-0.2, 0) is 40.1 Å². The zero-order chi connectivity index (χ0) is 30.7. The highest BCUT2D eigenvalue weighted by Gasteiger charge is 2.34. The summed E-state index contributed by atoms with van der Waals surface area (Å²) in [7, 11) is 0. The summed E-state index contributed by atoms with van der Waals surface area (Å²) >= 11 is 0. The van der Waals surface area contributed by atoms with Gasteiger partial charge in [-0.1, -0.05) is 53.2 Å². The van der Waals surface area contributed by atoms with E-state index >= 15 is 0 Å². The molecule has 1 aromatic rings. The van der Waals surface area contributed by atoms with E-state index in [4.69, 9.17) is 4.74 Å². The lowest BCUT2D eigenvalue weighted by atomic mass is 10.0. The maximum Gasteiger partial charge on any atom is 0.308 e. The van der Waals surface area contributed by atoms with Gasteiger partial charge in [0.25, 0.3) is 0 Å². The van der Waals surface area contributed by atoms with Crippen LogP contribution in [0.2, 0.25) is 0 Å². The minimum atomic E-state index is -0.856. The van der Waals surface area contributed by atoms with E-state index in [1.54, 1.807) is 65.8 Å². The highest BCUT2D eigenvalue weighted by Crippen LogP contribution is 2.19. The van der Waals surface area contributed by atoms with E-state index in [9.17, 15) is 28.8 Å². The maximum absolute atomic E-state index is 12.9. The fourth-order valence-corrected chi connectivity index (χ4v) is 4.22. The molecule has 1 fully saturated rings. The van der Waals surface area contributed by atoms with Crippen molar-refractivity contribution in [1.82, 2.24) is 15.5 Å². The molecule has 41 heavy (non-hydrogen) atoms. The molecule has 0 radical (unpaired) electrons. The summed E-state index contributed by atoms with van der Waals surface area (Å²) in [5.41, 5.74) is 1.30. The van der Waals surface area contributed by atoms with Crippen molar-refractivity contribution < 1.29 is 37.8 Å². The quantitative estimate of drug-likeness (QED) is 0.163. The van der Waals surface area contributed by atoms with Gasteiger partial charge in [0.1, 0.15) is 18.7 Å². The average molecular weight is 579 g/mol. The smallest absolute Gasteiger partial charge is 0.308 e. The molecule has 3 atom stereocenters. The highest BCUT2D eigenvalue weighted by atomic mass is 16.5. The standard InChI is InChI=1S/C30H44N4O7.3H2/c1-18(2)26(33-24(35)10-8-7-9-15-34-25(36)16-20(5)29(34)39)28(38)31-21(6)27(37)32-23-13-11-22(12-14-23)17-41-30(40)19(3)4;;;/h11-14,18-21,26H,7-10,15-17H2,1-6H3,(H,31,38)(H,32,37)(H,33,35);3*1H/t20?,21-,26-;;;/m0.../s1. The number of esters is 1. The molecule has 0 aliphatic carbocycles. The zero-order valence-electron chi connectivity index (χ0n) is 25.0. The van der Waals surface area contributed by atoms with Crippen LogP contribution in [0.25, 0.3) is 0 Å². The molecule has 1 unspecified atom stereocenters. The average Bonchev–Trinajstić information content (AvgIpc) is 3.16. The van der Waals surface area contributed by atoms with Crippen LogP contribution in [0.5, 0.6) is 0 Å². The van der Waals surface area contributed by atoms with Crippen molar-refractivity contribution in [2.75, 3.05) is 11.9 Å². The molecule has 1 aromatic carbocycles. The van der Waals surface area contributed by atoms with Crippen LogP contribution < -0.4 is 16.0 Å². The first-order chi connectivity index (χ1) is 19.3. The van der Waals surface area contributed by atoms with Gasteiger partial charge in [-0.15, -0.1) is 0 Å². The summed E-state index contributed by atoms with van der Waals surface area (Å²) in [6.45, 7) is 10.9. The Morgan fingerprint density at radius 1 is 0.951 bits per heavy atom. The normalized spacial score (nSPS) is 16.5. The third-order valence-electron chi connectivity index (χ3n) is 6.85. The Labute approximate surface area is 246 Å². The van der Waals surface area contributed by atoms with Gasteiger partial charge in [-0.05, 0) is 43.4 Å². The Hall–Kier alpha value is -3.76. The number of anilines is 1. The number of benzene rings is 1. The Kier molecular flexibility index (Phi) is 13.0. The van der Waals surface area contributed by atoms with E-state index in [2.05, 4.69) is 16.0 Å². The fraction of sp³-hybridized carbons (Fsp3) is 0.600. The summed E-state index contributed by atoms with van der Waals surface area (Å²) in [4.78, 5) is 74.8. The molecule has 0 bridgehead atoms. The Morgan fingerprint density at radius 2 is 1.61 bits per heavy atom. The van der Waals surface area contributed by atoms with Crippen molar-refractivity contribution in [3.05, 3.63) is 29.8 Å². The Bertz CT molecular complexity index is 1120. The van der Waals surface area contributed by atoms with Crippen molar-refractivity contribution in [2.24, 2.45) is 17.8 Å². The number of hydrogen-bond donors (Lipinski definition) is 3. The van der Waals surface area contributed by atoms with Crippen LogP contribution >= 0.6 is 0 Å². The minimum Gasteiger partial charge on any atom is -0.461 e. The summed E-state index contributed by atoms with van der Waals surface area (Å²) in [5, 5.41) is 8.17. The molecule has 0 aromatic heterocycles. The van der Waals surface area contributed by atoms with Crippen LogP contribution in [0.4, 0.5) is 5.69 Å². The van der Waals surface area contributed by atoms with Crippen molar-refractivity contribution in [1.29, 1.82) is 0 Å². The number of imide groups is 1. The summed E-state index contributed by atoms with van der Waals surface area (Å²) in [6.07, 6.45) is 2.30. The molecule has 5 amide bonds. The van der Waals surface area contributed by atoms with E-state index in [0.29, 0.717) is 31.5 Å². The minimum absolute atomic E-state index is 0. The van der Waals surface area contributed by atoms with E-state index in [-0.39, 0.29) is 65.2 Å². The number of amides is 5. The zero-order valence-corrected chi connectivity index (χ0v) is 25.0. The molecule has 11 heteroatoms.